The fourth-order valence-electron chi connectivity index (χ4n) is 4.72. The Morgan fingerprint density at radius 3 is 2.77 bits per heavy atom. The summed E-state index contributed by atoms with van der Waals surface area (Å²) in [6, 6.07) is 1.37. The van der Waals surface area contributed by atoms with Gasteiger partial charge in [0.25, 0.3) is 5.91 Å². The Morgan fingerprint density at radius 2 is 2.03 bits per heavy atom. The van der Waals surface area contributed by atoms with E-state index in [0.717, 1.165) is 42.8 Å². The summed E-state index contributed by atoms with van der Waals surface area (Å²) >= 11 is 1.34. The van der Waals surface area contributed by atoms with Gasteiger partial charge in [0.15, 0.2) is 5.13 Å². The third-order valence-corrected chi connectivity index (χ3v) is 7.36. The van der Waals surface area contributed by atoms with E-state index in [-0.39, 0.29) is 18.1 Å². The van der Waals surface area contributed by atoms with E-state index in [2.05, 4.69) is 38.9 Å². The van der Waals surface area contributed by atoms with E-state index >= 15 is 0 Å². The highest BCUT2D eigenvalue weighted by Gasteiger charge is 2.33. The van der Waals surface area contributed by atoms with Crippen LogP contribution in [0.5, 0.6) is 0 Å². The number of rotatable bonds is 5. The van der Waals surface area contributed by atoms with Crippen LogP contribution >= 0.6 is 11.3 Å². The van der Waals surface area contributed by atoms with Crippen molar-refractivity contribution in [1.82, 2.24) is 20.2 Å². The van der Waals surface area contributed by atoms with Gasteiger partial charge in [-0.15, -0.1) is 0 Å². The van der Waals surface area contributed by atoms with Crippen LogP contribution in [-0.4, -0.2) is 53.0 Å². The van der Waals surface area contributed by atoms with Gasteiger partial charge in [0, 0.05) is 31.7 Å². The molecule has 0 spiro atoms. The monoisotopic (exact) mass is 449 g/mol. The first-order chi connectivity index (χ1) is 14.9. The molecule has 6 nitrogen and oxygen atoms in total. The van der Waals surface area contributed by atoms with Crippen LogP contribution in [0.3, 0.4) is 0 Å². The minimum Gasteiger partial charge on any atom is -0.348 e. The van der Waals surface area contributed by atoms with Crippen molar-refractivity contribution in [3.63, 3.8) is 0 Å². The molecular weight excluding hydrogens is 420 g/mol. The molecule has 0 bridgehead atoms. The third kappa shape index (κ3) is 5.20. The average molecular weight is 450 g/mol. The molecule has 1 amide bonds. The smallest absolute Gasteiger partial charge is 0.263 e. The molecule has 0 aromatic carbocycles. The highest BCUT2D eigenvalue weighted by molar-refractivity contribution is 7.17. The van der Waals surface area contributed by atoms with Gasteiger partial charge in [-0.1, -0.05) is 25.2 Å². The number of thiazole rings is 1. The van der Waals surface area contributed by atoms with Crippen molar-refractivity contribution in [3.05, 3.63) is 40.7 Å². The number of piperidine rings is 2. The molecule has 2 aliphatic heterocycles. The van der Waals surface area contributed by atoms with Gasteiger partial charge in [0.1, 0.15) is 16.5 Å². The van der Waals surface area contributed by atoms with Crippen LogP contribution in [-0.2, 0) is 6.54 Å². The number of likely N-dealkylation sites (tertiary alicyclic amines) is 1. The van der Waals surface area contributed by atoms with Crippen LogP contribution in [0, 0.1) is 23.5 Å². The van der Waals surface area contributed by atoms with Crippen molar-refractivity contribution in [1.29, 1.82) is 0 Å². The van der Waals surface area contributed by atoms with E-state index < -0.39 is 11.6 Å². The van der Waals surface area contributed by atoms with Gasteiger partial charge in [0.2, 0.25) is 0 Å². The molecule has 31 heavy (non-hydrogen) atoms. The number of aromatic nitrogens is 2. The molecule has 0 radical (unpaired) electrons. The lowest BCUT2D eigenvalue weighted by Gasteiger charge is -2.45. The molecule has 4 heterocycles. The summed E-state index contributed by atoms with van der Waals surface area (Å²) in [5, 5.41) is 3.48. The number of hydrogen-bond donors (Lipinski definition) is 1. The predicted molar refractivity (Wildman–Crippen MR) is 117 cm³/mol. The maximum Gasteiger partial charge on any atom is 0.263 e. The molecule has 2 saturated heterocycles. The van der Waals surface area contributed by atoms with Gasteiger partial charge in [-0.2, -0.15) is 0 Å². The van der Waals surface area contributed by atoms with Crippen LogP contribution in [0.25, 0.3) is 0 Å². The normalized spacial score (nSPS) is 24.9. The number of carbonyl (C=O) groups excluding carboxylic acids is 1. The summed E-state index contributed by atoms with van der Waals surface area (Å²) < 4.78 is 26.7. The first-order valence-electron chi connectivity index (χ1n) is 10.9. The molecule has 2 aromatic heterocycles. The molecule has 2 aliphatic rings. The quantitative estimate of drug-likeness (QED) is 0.754. The van der Waals surface area contributed by atoms with Gasteiger partial charge < -0.3 is 10.2 Å². The molecule has 4 rings (SSSR count). The van der Waals surface area contributed by atoms with Crippen molar-refractivity contribution >= 4 is 22.4 Å². The van der Waals surface area contributed by atoms with Crippen LogP contribution in [0.4, 0.5) is 13.9 Å². The van der Waals surface area contributed by atoms with Crippen molar-refractivity contribution in [2.45, 2.75) is 45.7 Å². The zero-order chi connectivity index (χ0) is 22.0. The number of amides is 1. The third-order valence-electron chi connectivity index (χ3n) is 6.31. The molecule has 0 aliphatic carbocycles. The Bertz CT molecular complexity index is 923. The zero-order valence-electron chi connectivity index (χ0n) is 18.0. The van der Waals surface area contributed by atoms with Crippen LogP contribution < -0.4 is 10.2 Å². The summed E-state index contributed by atoms with van der Waals surface area (Å²) in [6.45, 7) is 8.80. The molecule has 2 fully saturated rings. The topological polar surface area (TPSA) is 61.4 Å². The summed E-state index contributed by atoms with van der Waals surface area (Å²) in [5.41, 5.74) is 0.00224. The summed E-state index contributed by atoms with van der Waals surface area (Å²) in [7, 11) is 0. The second-order valence-electron chi connectivity index (χ2n) is 8.79. The fraction of sp³-hybridized carbons (Fsp3) is 0.591. The Morgan fingerprint density at radius 1 is 1.19 bits per heavy atom. The lowest BCUT2D eigenvalue weighted by Crippen LogP contribution is -2.52. The van der Waals surface area contributed by atoms with Crippen molar-refractivity contribution in [3.8, 4) is 0 Å². The van der Waals surface area contributed by atoms with Gasteiger partial charge in [-0.25, -0.2) is 13.8 Å². The largest absolute Gasteiger partial charge is 0.348 e. The molecule has 9 heteroatoms. The van der Waals surface area contributed by atoms with E-state index in [1.54, 1.807) is 6.20 Å². The van der Waals surface area contributed by atoms with E-state index in [4.69, 9.17) is 0 Å². The number of halogens is 2. The minimum absolute atomic E-state index is 0.00224. The van der Waals surface area contributed by atoms with Gasteiger partial charge in [-0.05, 0) is 37.6 Å². The van der Waals surface area contributed by atoms with E-state index in [9.17, 15) is 13.6 Å². The van der Waals surface area contributed by atoms with Crippen LogP contribution in [0.15, 0.2) is 18.5 Å². The average Bonchev–Trinajstić information content (AvgIpc) is 3.23. The standard InChI is InChI=1S/C22H29F2N5OS/c1-14-4-3-6-28(12-14)19-5-7-29(13-15(19)2)22-27-11-20(31-22)21(30)26-10-18-17(24)8-16(23)9-25-18/h8-9,11,14-15,19H,3-7,10,12-13H2,1-2H3,(H,26,30)/t14-,15?,19?/m1/s1. The molecule has 3 atom stereocenters. The van der Waals surface area contributed by atoms with Gasteiger partial charge in [-0.3, -0.25) is 14.7 Å². The van der Waals surface area contributed by atoms with Crippen molar-refractivity contribution in [2.75, 3.05) is 31.1 Å². The van der Waals surface area contributed by atoms with Crippen molar-refractivity contribution < 1.29 is 13.6 Å². The summed E-state index contributed by atoms with van der Waals surface area (Å²) in [5.74, 6) is -0.539. The van der Waals surface area contributed by atoms with Gasteiger partial charge in [0.05, 0.1) is 24.6 Å². The molecule has 0 saturated carbocycles. The van der Waals surface area contributed by atoms with E-state index in [1.165, 1.54) is 37.3 Å². The highest BCUT2D eigenvalue weighted by Crippen LogP contribution is 2.31. The van der Waals surface area contributed by atoms with Crippen LogP contribution in [0.2, 0.25) is 0 Å². The lowest BCUT2D eigenvalue weighted by atomic mass is 9.89. The second kappa shape index (κ2) is 9.56. The second-order valence-corrected chi connectivity index (χ2v) is 9.80. The van der Waals surface area contributed by atoms with Crippen LogP contribution in [0.1, 0.15) is 48.5 Å². The number of hydrogen-bond acceptors (Lipinski definition) is 6. The van der Waals surface area contributed by atoms with Gasteiger partial charge >= 0.3 is 0 Å². The maximum absolute atomic E-state index is 13.7. The molecule has 168 valence electrons. The lowest BCUT2D eigenvalue weighted by molar-refractivity contribution is 0.0835. The maximum atomic E-state index is 13.7. The molecule has 2 aromatic rings. The Labute approximate surface area is 185 Å². The van der Waals surface area contributed by atoms with Crippen molar-refractivity contribution in [2.24, 2.45) is 11.8 Å². The summed E-state index contributed by atoms with van der Waals surface area (Å²) in [6.07, 6.45) is 6.22. The van der Waals surface area contributed by atoms with E-state index in [1.807, 2.05) is 0 Å². The zero-order valence-corrected chi connectivity index (χ0v) is 18.8. The number of carbonyl (C=O) groups is 1. The first kappa shape index (κ1) is 22.1. The molecule has 1 N–H and O–H groups in total. The number of nitrogens with one attached hydrogen (secondary N) is 1. The Hall–Kier alpha value is -2.13. The number of pyridine rings is 1. The molecule has 2 unspecified atom stereocenters. The summed E-state index contributed by atoms with van der Waals surface area (Å²) in [4.78, 5) is 26.0. The number of anilines is 1. The predicted octanol–water partition coefficient (Wildman–Crippen LogP) is 3.69. The molecular formula is C22H29F2N5OS. The minimum atomic E-state index is -0.773. The fourth-order valence-corrected chi connectivity index (χ4v) is 5.58. The van der Waals surface area contributed by atoms with E-state index in [0.29, 0.717) is 16.8 Å². The Balaban J connectivity index is 1.32. The SMILES string of the molecule is CC1CN(c2ncc(C(=O)NCc3ncc(F)cc3F)s2)CCC1N1CCC[C@@H](C)C1. The highest BCUT2D eigenvalue weighted by atomic mass is 32.1. The number of nitrogens with zero attached hydrogens (tertiary/aromatic N) is 4. The first-order valence-corrected chi connectivity index (χ1v) is 11.7. The Kier molecular flexibility index (Phi) is 6.81.